The lowest BCUT2D eigenvalue weighted by Gasteiger charge is -2.09. The number of carbonyl (C=O) groups is 1. The molecule has 5 nitrogen and oxygen atoms in total. The van der Waals surface area contributed by atoms with E-state index in [1.54, 1.807) is 43.5 Å². The van der Waals surface area contributed by atoms with Crippen molar-refractivity contribution in [3.63, 3.8) is 0 Å². The van der Waals surface area contributed by atoms with Gasteiger partial charge in [-0.05, 0) is 36.4 Å². The third-order valence-corrected chi connectivity index (χ3v) is 2.81. The number of methoxy groups -OCH3 is 1. The first-order valence-electron chi connectivity index (χ1n) is 6.97. The molecule has 0 unspecified atom stereocenters. The van der Waals surface area contributed by atoms with Crippen molar-refractivity contribution in [1.29, 1.82) is 0 Å². The summed E-state index contributed by atoms with van der Waals surface area (Å²) in [5, 5.41) is 2.76. The van der Waals surface area contributed by atoms with Gasteiger partial charge < -0.3 is 19.5 Å². The Morgan fingerprint density at radius 3 is 2.27 bits per heavy atom. The molecule has 0 aromatic heterocycles. The Balaban J connectivity index is 1.76. The van der Waals surface area contributed by atoms with Gasteiger partial charge in [-0.25, -0.2) is 0 Å². The largest absolute Gasteiger partial charge is 0.491 e. The molecule has 0 saturated carbocycles. The Morgan fingerprint density at radius 1 is 0.909 bits per heavy atom. The van der Waals surface area contributed by atoms with Crippen LogP contribution in [0.5, 0.6) is 11.5 Å². The van der Waals surface area contributed by atoms with Crippen LogP contribution in [0.2, 0.25) is 0 Å². The minimum absolute atomic E-state index is 0.0316. The first kappa shape index (κ1) is 15.9. The monoisotopic (exact) mass is 301 g/mol. The summed E-state index contributed by atoms with van der Waals surface area (Å²) in [6, 6.07) is 16.4. The van der Waals surface area contributed by atoms with Crippen LogP contribution < -0.4 is 14.8 Å². The number of anilines is 1. The molecule has 1 amide bonds. The molecule has 0 bridgehead atoms. The molecule has 0 aliphatic rings. The molecule has 0 atom stereocenters. The molecule has 0 heterocycles. The average molecular weight is 301 g/mol. The van der Waals surface area contributed by atoms with Crippen molar-refractivity contribution in [3.8, 4) is 11.5 Å². The molecular formula is C17H19NO4. The number of benzene rings is 2. The minimum Gasteiger partial charge on any atom is -0.491 e. The smallest absolute Gasteiger partial charge is 0.262 e. The maximum atomic E-state index is 11.8. The van der Waals surface area contributed by atoms with Gasteiger partial charge in [0.2, 0.25) is 0 Å². The van der Waals surface area contributed by atoms with E-state index in [0.29, 0.717) is 24.7 Å². The molecule has 2 aromatic rings. The van der Waals surface area contributed by atoms with Crippen LogP contribution in [0.1, 0.15) is 0 Å². The summed E-state index contributed by atoms with van der Waals surface area (Å²) in [6.45, 7) is 0.999. The molecule has 2 aromatic carbocycles. The first-order valence-corrected chi connectivity index (χ1v) is 6.97. The third-order valence-electron chi connectivity index (χ3n) is 2.81. The van der Waals surface area contributed by atoms with Crippen molar-refractivity contribution >= 4 is 11.6 Å². The van der Waals surface area contributed by atoms with Crippen LogP contribution in [0.4, 0.5) is 5.69 Å². The summed E-state index contributed by atoms with van der Waals surface area (Å²) in [4.78, 5) is 11.8. The number of ether oxygens (including phenoxy) is 3. The second-order valence-electron chi connectivity index (χ2n) is 4.52. The van der Waals surface area contributed by atoms with Crippen molar-refractivity contribution in [2.45, 2.75) is 0 Å². The molecule has 0 aliphatic heterocycles. The topological polar surface area (TPSA) is 56.8 Å². The summed E-state index contributed by atoms with van der Waals surface area (Å²) in [5.74, 6) is 1.19. The van der Waals surface area contributed by atoms with Crippen LogP contribution in [0.3, 0.4) is 0 Å². The number of hydrogen-bond acceptors (Lipinski definition) is 4. The molecule has 0 radical (unpaired) electrons. The van der Waals surface area contributed by atoms with Gasteiger partial charge in [0.05, 0.1) is 6.61 Å². The second-order valence-corrected chi connectivity index (χ2v) is 4.52. The highest BCUT2D eigenvalue weighted by Crippen LogP contribution is 2.15. The number of hydrogen-bond donors (Lipinski definition) is 1. The van der Waals surface area contributed by atoms with Crippen LogP contribution >= 0.6 is 0 Å². The molecule has 0 aliphatic carbocycles. The van der Waals surface area contributed by atoms with Crippen LogP contribution in [0.25, 0.3) is 0 Å². The summed E-state index contributed by atoms with van der Waals surface area (Å²) in [6.07, 6.45) is 0. The fraction of sp³-hybridized carbons (Fsp3) is 0.235. The average Bonchev–Trinajstić information content (AvgIpc) is 2.56. The van der Waals surface area contributed by atoms with Crippen molar-refractivity contribution in [2.24, 2.45) is 0 Å². The predicted octanol–water partition coefficient (Wildman–Crippen LogP) is 2.73. The van der Waals surface area contributed by atoms with E-state index < -0.39 is 0 Å². The van der Waals surface area contributed by atoms with Crippen molar-refractivity contribution in [1.82, 2.24) is 0 Å². The molecule has 0 spiro atoms. The van der Waals surface area contributed by atoms with E-state index in [0.717, 1.165) is 5.75 Å². The molecular weight excluding hydrogens is 282 g/mol. The molecule has 0 saturated heterocycles. The Bertz CT molecular complexity index is 569. The molecule has 0 fully saturated rings. The maximum Gasteiger partial charge on any atom is 0.262 e. The summed E-state index contributed by atoms with van der Waals surface area (Å²) in [5.41, 5.74) is 0.695. The number of rotatable bonds is 8. The van der Waals surface area contributed by atoms with E-state index in [2.05, 4.69) is 5.32 Å². The van der Waals surface area contributed by atoms with E-state index in [1.807, 2.05) is 18.2 Å². The Morgan fingerprint density at radius 2 is 1.59 bits per heavy atom. The maximum absolute atomic E-state index is 11.8. The van der Waals surface area contributed by atoms with Gasteiger partial charge in [0, 0.05) is 12.8 Å². The van der Waals surface area contributed by atoms with Gasteiger partial charge in [0.1, 0.15) is 18.1 Å². The molecule has 2 rings (SSSR count). The van der Waals surface area contributed by atoms with Gasteiger partial charge in [-0.15, -0.1) is 0 Å². The molecule has 116 valence electrons. The third kappa shape index (κ3) is 5.46. The van der Waals surface area contributed by atoms with Gasteiger partial charge in [0.25, 0.3) is 5.91 Å². The molecule has 5 heteroatoms. The van der Waals surface area contributed by atoms with E-state index in [4.69, 9.17) is 14.2 Å². The normalized spacial score (nSPS) is 10.0. The van der Waals surface area contributed by atoms with E-state index in [1.165, 1.54) is 0 Å². The van der Waals surface area contributed by atoms with Crippen LogP contribution in [-0.2, 0) is 9.53 Å². The zero-order valence-electron chi connectivity index (χ0n) is 12.5. The second kappa shape index (κ2) is 8.69. The first-order chi connectivity index (χ1) is 10.8. The number of carbonyl (C=O) groups excluding carboxylic acids is 1. The Hall–Kier alpha value is -2.53. The van der Waals surface area contributed by atoms with Gasteiger partial charge >= 0.3 is 0 Å². The number of amides is 1. The van der Waals surface area contributed by atoms with Gasteiger partial charge in [-0.3, -0.25) is 4.79 Å². The predicted molar refractivity (Wildman–Crippen MR) is 84.4 cm³/mol. The Kier molecular flexibility index (Phi) is 6.26. The number of nitrogens with one attached hydrogen (secondary N) is 1. The highest BCUT2D eigenvalue weighted by atomic mass is 16.5. The zero-order chi connectivity index (χ0) is 15.6. The van der Waals surface area contributed by atoms with E-state index in [-0.39, 0.29) is 12.5 Å². The van der Waals surface area contributed by atoms with Crippen molar-refractivity contribution in [2.75, 3.05) is 32.2 Å². The standard InChI is InChI=1S/C17H19NO4/c1-20-11-12-21-16-9-7-14(8-10-16)18-17(19)13-22-15-5-3-2-4-6-15/h2-10H,11-13H2,1H3,(H,18,19). The molecule has 22 heavy (non-hydrogen) atoms. The number of para-hydroxylation sites is 1. The lowest BCUT2D eigenvalue weighted by molar-refractivity contribution is -0.118. The fourth-order valence-electron chi connectivity index (χ4n) is 1.74. The summed E-state index contributed by atoms with van der Waals surface area (Å²) in [7, 11) is 1.62. The SMILES string of the molecule is COCCOc1ccc(NC(=O)COc2ccccc2)cc1. The van der Waals surface area contributed by atoms with Gasteiger partial charge in [-0.1, -0.05) is 18.2 Å². The lowest BCUT2D eigenvalue weighted by atomic mass is 10.3. The minimum atomic E-state index is -0.211. The van der Waals surface area contributed by atoms with Crippen molar-refractivity contribution < 1.29 is 19.0 Å². The summed E-state index contributed by atoms with van der Waals surface area (Å²) >= 11 is 0. The Labute approximate surface area is 129 Å². The van der Waals surface area contributed by atoms with Gasteiger partial charge in [-0.2, -0.15) is 0 Å². The highest BCUT2D eigenvalue weighted by Gasteiger charge is 2.04. The summed E-state index contributed by atoms with van der Waals surface area (Å²) < 4.78 is 15.7. The fourth-order valence-corrected chi connectivity index (χ4v) is 1.74. The van der Waals surface area contributed by atoms with Crippen LogP contribution in [0.15, 0.2) is 54.6 Å². The quantitative estimate of drug-likeness (QED) is 0.762. The van der Waals surface area contributed by atoms with E-state index >= 15 is 0 Å². The molecule has 1 N–H and O–H groups in total. The van der Waals surface area contributed by atoms with E-state index in [9.17, 15) is 4.79 Å². The zero-order valence-corrected chi connectivity index (χ0v) is 12.5. The highest BCUT2D eigenvalue weighted by molar-refractivity contribution is 5.91. The van der Waals surface area contributed by atoms with Gasteiger partial charge in [0.15, 0.2) is 6.61 Å². The van der Waals surface area contributed by atoms with Crippen LogP contribution in [0, 0.1) is 0 Å². The van der Waals surface area contributed by atoms with Crippen LogP contribution in [-0.4, -0.2) is 32.8 Å². The lowest BCUT2D eigenvalue weighted by Crippen LogP contribution is -2.20. The van der Waals surface area contributed by atoms with Crippen molar-refractivity contribution in [3.05, 3.63) is 54.6 Å².